The molecule has 1 aromatic rings. The molecule has 1 N–H and O–H groups in total. The quantitative estimate of drug-likeness (QED) is 0.564. The van der Waals surface area contributed by atoms with Crippen molar-refractivity contribution >= 4 is 15.9 Å². The van der Waals surface area contributed by atoms with Gasteiger partial charge in [-0.15, -0.1) is 0 Å². The lowest BCUT2D eigenvalue weighted by molar-refractivity contribution is 0.315. The molecule has 1 nitrogen and oxygen atoms in total. The second-order valence-corrected chi connectivity index (χ2v) is 6.67. The van der Waals surface area contributed by atoms with Gasteiger partial charge in [-0.25, -0.2) is 4.39 Å². The summed E-state index contributed by atoms with van der Waals surface area (Å²) in [4.78, 5) is 0. The molecule has 1 aromatic carbocycles. The van der Waals surface area contributed by atoms with Crippen molar-refractivity contribution < 1.29 is 4.39 Å². The van der Waals surface area contributed by atoms with E-state index in [1.165, 1.54) is 31.7 Å². The van der Waals surface area contributed by atoms with E-state index in [9.17, 15) is 4.39 Å². The van der Waals surface area contributed by atoms with E-state index in [-0.39, 0.29) is 5.82 Å². The third-order valence-corrected chi connectivity index (χ3v) is 4.90. The van der Waals surface area contributed by atoms with Gasteiger partial charge < -0.3 is 5.32 Å². The highest BCUT2D eigenvalue weighted by molar-refractivity contribution is 9.10. The van der Waals surface area contributed by atoms with Crippen LogP contribution in [0.4, 0.5) is 4.39 Å². The van der Waals surface area contributed by atoms with Gasteiger partial charge in [0.05, 0.1) is 0 Å². The van der Waals surface area contributed by atoms with E-state index in [0.29, 0.717) is 12.0 Å². The molecule has 21 heavy (non-hydrogen) atoms. The van der Waals surface area contributed by atoms with Gasteiger partial charge in [-0.3, -0.25) is 0 Å². The fourth-order valence-electron chi connectivity index (χ4n) is 2.83. The van der Waals surface area contributed by atoms with E-state index in [1.807, 2.05) is 6.07 Å². The Morgan fingerprint density at radius 3 is 2.57 bits per heavy atom. The predicted octanol–water partition coefficient (Wildman–Crippen LogP) is 5.72. The SMILES string of the molecule is CCCCC(CC)C(Cc1cc(F)ccc1Br)NCCC. The Morgan fingerprint density at radius 2 is 1.95 bits per heavy atom. The second-order valence-electron chi connectivity index (χ2n) is 5.81. The summed E-state index contributed by atoms with van der Waals surface area (Å²) in [6.45, 7) is 7.72. The minimum absolute atomic E-state index is 0.149. The zero-order chi connectivity index (χ0) is 15.7. The van der Waals surface area contributed by atoms with E-state index >= 15 is 0 Å². The van der Waals surface area contributed by atoms with Crippen LogP contribution in [0.15, 0.2) is 22.7 Å². The zero-order valence-corrected chi connectivity index (χ0v) is 15.2. The van der Waals surface area contributed by atoms with Crippen LogP contribution in [-0.2, 0) is 6.42 Å². The standard InChI is InChI=1S/C18H29BrFN/c1-4-7-8-14(6-3)18(21-11-5-2)13-15-12-16(20)9-10-17(15)19/h9-10,12,14,18,21H,4-8,11,13H2,1-3H3. The monoisotopic (exact) mass is 357 g/mol. The minimum atomic E-state index is -0.149. The van der Waals surface area contributed by atoms with Gasteiger partial charge in [0.2, 0.25) is 0 Å². The summed E-state index contributed by atoms with van der Waals surface area (Å²) in [6, 6.07) is 5.42. The molecular weight excluding hydrogens is 329 g/mol. The van der Waals surface area contributed by atoms with Crippen molar-refractivity contribution in [3.8, 4) is 0 Å². The van der Waals surface area contributed by atoms with Gasteiger partial charge in [0.25, 0.3) is 0 Å². The van der Waals surface area contributed by atoms with Crippen molar-refractivity contribution in [3.05, 3.63) is 34.1 Å². The predicted molar refractivity (Wildman–Crippen MR) is 93.2 cm³/mol. The zero-order valence-electron chi connectivity index (χ0n) is 13.6. The second kappa shape index (κ2) is 10.3. The van der Waals surface area contributed by atoms with Crippen molar-refractivity contribution in [1.29, 1.82) is 0 Å². The number of unbranched alkanes of at least 4 members (excludes halogenated alkanes) is 1. The number of hydrogen-bond donors (Lipinski definition) is 1. The third kappa shape index (κ3) is 6.48. The first-order valence-corrected chi connectivity index (χ1v) is 9.08. The van der Waals surface area contributed by atoms with E-state index in [1.54, 1.807) is 6.07 Å². The summed E-state index contributed by atoms with van der Waals surface area (Å²) >= 11 is 3.56. The summed E-state index contributed by atoms with van der Waals surface area (Å²) in [5, 5.41) is 3.68. The van der Waals surface area contributed by atoms with Crippen molar-refractivity contribution in [1.82, 2.24) is 5.32 Å². The van der Waals surface area contributed by atoms with Gasteiger partial charge in [-0.2, -0.15) is 0 Å². The Morgan fingerprint density at radius 1 is 1.19 bits per heavy atom. The molecule has 120 valence electrons. The number of rotatable bonds is 10. The topological polar surface area (TPSA) is 12.0 Å². The molecule has 0 aromatic heterocycles. The molecule has 0 aliphatic heterocycles. The molecule has 0 amide bonds. The van der Waals surface area contributed by atoms with Gasteiger partial charge in [-0.1, -0.05) is 56.0 Å². The average molecular weight is 358 g/mol. The Balaban J connectivity index is 2.82. The van der Waals surface area contributed by atoms with Gasteiger partial charge in [-0.05, 0) is 55.5 Å². The molecule has 0 aliphatic rings. The Hall–Kier alpha value is -0.410. The van der Waals surface area contributed by atoms with Gasteiger partial charge in [0.1, 0.15) is 5.82 Å². The van der Waals surface area contributed by atoms with Crippen molar-refractivity contribution in [3.63, 3.8) is 0 Å². The maximum atomic E-state index is 13.5. The number of hydrogen-bond acceptors (Lipinski definition) is 1. The maximum absolute atomic E-state index is 13.5. The summed E-state index contributed by atoms with van der Waals surface area (Å²) in [7, 11) is 0. The largest absolute Gasteiger partial charge is 0.313 e. The van der Waals surface area contributed by atoms with Crippen LogP contribution in [0, 0.1) is 11.7 Å². The highest BCUT2D eigenvalue weighted by Gasteiger charge is 2.20. The molecule has 0 bridgehead atoms. The number of nitrogens with one attached hydrogen (secondary N) is 1. The molecule has 0 saturated heterocycles. The number of benzene rings is 1. The molecule has 2 unspecified atom stereocenters. The molecule has 0 radical (unpaired) electrons. The van der Waals surface area contributed by atoms with E-state index in [4.69, 9.17) is 0 Å². The van der Waals surface area contributed by atoms with E-state index in [0.717, 1.165) is 29.4 Å². The highest BCUT2D eigenvalue weighted by atomic mass is 79.9. The molecular formula is C18H29BrFN. The first-order chi connectivity index (χ1) is 10.1. The van der Waals surface area contributed by atoms with Crippen LogP contribution < -0.4 is 5.32 Å². The molecule has 0 spiro atoms. The first-order valence-electron chi connectivity index (χ1n) is 8.29. The first kappa shape index (κ1) is 18.6. The summed E-state index contributed by atoms with van der Waals surface area (Å²) in [5.74, 6) is 0.510. The van der Waals surface area contributed by atoms with Gasteiger partial charge in [0.15, 0.2) is 0 Å². The smallest absolute Gasteiger partial charge is 0.123 e. The van der Waals surface area contributed by atoms with Crippen LogP contribution in [0.1, 0.15) is 58.4 Å². The molecule has 3 heteroatoms. The maximum Gasteiger partial charge on any atom is 0.123 e. The Labute approximate surface area is 137 Å². The molecule has 2 atom stereocenters. The fourth-order valence-corrected chi connectivity index (χ4v) is 3.24. The van der Waals surface area contributed by atoms with E-state index in [2.05, 4.69) is 42.0 Å². The van der Waals surface area contributed by atoms with Gasteiger partial charge >= 0.3 is 0 Å². The molecule has 0 heterocycles. The normalized spacial score (nSPS) is 14.1. The molecule has 0 saturated carbocycles. The lowest BCUT2D eigenvalue weighted by Crippen LogP contribution is -2.38. The van der Waals surface area contributed by atoms with Crippen LogP contribution >= 0.6 is 15.9 Å². The van der Waals surface area contributed by atoms with Crippen LogP contribution in [0.2, 0.25) is 0 Å². The van der Waals surface area contributed by atoms with Crippen molar-refractivity contribution in [2.45, 2.75) is 65.3 Å². The Bertz CT molecular complexity index is 408. The van der Waals surface area contributed by atoms with Crippen molar-refractivity contribution in [2.75, 3.05) is 6.54 Å². The van der Waals surface area contributed by atoms with Crippen LogP contribution in [0.25, 0.3) is 0 Å². The summed E-state index contributed by atoms with van der Waals surface area (Å²) in [5.41, 5.74) is 1.07. The Kier molecular flexibility index (Phi) is 9.18. The fraction of sp³-hybridized carbons (Fsp3) is 0.667. The van der Waals surface area contributed by atoms with Crippen molar-refractivity contribution in [2.24, 2.45) is 5.92 Å². The van der Waals surface area contributed by atoms with Crippen LogP contribution in [0.3, 0.4) is 0 Å². The molecule has 1 rings (SSSR count). The molecule has 0 aliphatic carbocycles. The molecule has 0 fully saturated rings. The minimum Gasteiger partial charge on any atom is -0.313 e. The van der Waals surface area contributed by atoms with E-state index < -0.39 is 0 Å². The lowest BCUT2D eigenvalue weighted by Gasteiger charge is -2.28. The lowest BCUT2D eigenvalue weighted by atomic mass is 9.87. The summed E-state index contributed by atoms with van der Waals surface area (Å²) in [6.07, 6.45) is 6.95. The van der Waals surface area contributed by atoms with Crippen LogP contribution in [0.5, 0.6) is 0 Å². The number of halogens is 2. The summed E-state index contributed by atoms with van der Waals surface area (Å²) < 4.78 is 14.5. The average Bonchev–Trinajstić information content (AvgIpc) is 2.48. The van der Waals surface area contributed by atoms with Crippen LogP contribution in [-0.4, -0.2) is 12.6 Å². The third-order valence-electron chi connectivity index (χ3n) is 4.13. The highest BCUT2D eigenvalue weighted by Crippen LogP contribution is 2.25. The van der Waals surface area contributed by atoms with Gasteiger partial charge in [0, 0.05) is 10.5 Å².